The van der Waals surface area contributed by atoms with Crippen molar-refractivity contribution >= 4 is 18.3 Å². The first kappa shape index (κ1) is 17.3. The van der Waals surface area contributed by atoms with Gasteiger partial charge in [0.05, 0.1) is 6.61 Å². The quantitative estimate of drug-likeness (QED) is 0.877. The van der Waals surface area contributed by atoms with Crippen molar-refractivity contribution in [3.8, 4) is 0 Å². The van der Waals surface area contributed by atoms with Crippen molar-refractivity contribution in [2.75, 3.05) is 13.2 Å². The Hall–Kier alpha value is -1.10. The summed E-state index contributed by atoms with van der Waals surface area (Å²) in [6.45, 7) is 5.98. The molecule has 4 nitrogen and oxygen atoms in total. The molecule has 2 aliphatic heterocycles. The van der Waals surface area contributed by atoms with Crippen molar-refractivity contribution < 1.29 is 9.53 Å². The molecule has 0 saturated carbocycles. The van der Waals surface area contributed by atoms with E-state index in [0.717, 1.165) is 24.9 Å². The van der Waals surface area contributed by atoms with Gasteiger partial charge in [-0.15, -0.1) is 12.4 Å². The van der Waals surface area contributed by atoms with Gasteiger partial charge in [-0.3, -0.25) is 4.79 Å². The number of nitrogens with one attached hydrogen (secondary N) is 2. The van der Waals surface area contributed by atoms with E-state index < -0.39 is 6.10 Å². The Morgan fingerprint density at radius 2 is 2.09 bits per heavy atom. The summed E-state index contributed by atoms with van der Waals surface area (Å²) in [5, 5.41) is 6.64. The summed E-state index contributed by atoms with van der Waals surface area (Å²) in [7, 11) is 0. The predicted octanol–water partition coefficient (Wildman–Crippen LogP) is 2.22. The van der Waals surface area contributed by atoms with Gasteiger partial charge in [-0.25, -0.2) is 0 Å². The van der Waals surface area contributed by atoms with E-state index in [2.05, 4.69) is 30.5 Å². The summed E-state index contributed by atoms with van der Waals surface area (Å²) >= 11 is 0. The normalized spacial score (nSPS) is 30.8. The van der Waals surface area contributed by atoms with Crippen LogP contribution in [0.1, 0.15) is 37.5 Å². The van der Waals surface area contributed by atoms with E-state index in [1.54, 1.807) is 0 Å². The van der Waals surface area contributed by atoms with Gasteiger partial charge in [0.2, 0.25) is 0 Å². The van der Waals surface area contributed by atoms with Crippen LogP contribution in [0.4, 0.5) is 0 Å². The van der Waals surface area contributed by atoms with Crippen LogP contribution >= 0.6 is 12.4 Å². The number of piperidine rings is 1. The molecule has 1 fully saturated rings. The van der Waals surface area contributed by atoms with Gasteiger partial charge < -0.3 is 15.4 Å². The fourth-order valence-corrected chi connectivity index (χ4v) is 3.46. The van der Waals surface area contributed by atoms with Gasteiger partial charge in [0, 0.05) is 12.1 Å². The van der Waals surface area contributed by atoms with Crippen molar-refractivity contribution in [1.29, 1.82) is 0 Å². The van der Waals surface area contributed by atoms with E-state index >= 15 is 0 Å². The third kappa shape index (κ3) is 3.45. The molecular formula is C17H25ClN2O2. The average molecular weight is 325 g/mol. The standard InChI is InChI=1S/C17H24N2O2.ClH/c1-11-7-9-18-12(2)15(11)19-17(20)16-14-6-4-3-5-13(14)8-10-21-16;/h3-6,11-12,15-16,18H,7-10H2,1-2H3,(H,19,20);1H. The minimum absolute atomic E-state index is 0. The largest absolute Gasteiger partial charge is 0.363 e. The monoisotopic (exact) mass is 324 g/mol. The zero-order valence-electron chi connectivity index (χ0n) is 13.2. The Morgan fingerprint density at radius 3 is 2.86 bits per heavy atom. The first-order valence-corrected chi connectivity index (χ1v) is 7.90. The average Bonchev–Trinajstić information content (AvgIpc) is 2.50. The maximum atomic E-state index is 12.7. The molecule has 4 unspecified atom stereocenters. The van der Waals surface area contributed by atoms with Crippen LogP contribution in [0, 0.1) is 5.92 Å². The molecule has 0 bridgehead atoms. The first-order chi connectivity index (χ1) is 10.2. The number of benzene rings is 1. The molecule has 2 heterocycles. The van der Waals surface area contributed by atoms with Crippen LogP contribution in [0.3, 0.4) is 0 Å². The molecule has 3 rings (SSSR count). The van der Waals surface area contributed by atoms with E-state index in [4.69, 9.17) is 4.74 Å². The lowest BCUT2D eigenvalue weighted by atomic mass is 9.88. The summed E-state index contributed by atoms with van der Waals surface area (Å²) < 4.78 is 5.75. The summed E-state index contributed by atoms with van der Waals surface area (Å²) in [6.07, 6.45) is 1.52. The van der Waals surface area contributed by atoms with Crippen molar-refractivity contribution in [1.82, 2.24) is 10.6 Å². The number of rotatable bonds is 2. The Bertz CT molecular complexity index is 513. The molecular weight excluding hydrogens is 300 g/mol. The number of hydrogen-bond donors (Lipinski definition) is 2. The van der Waals surface area contributed by atoms with Crippen molar-refractivity contribution in [3.63, 3.8) is 0 Å². The number of fused-ring (bicyclic) bond motifs is 1. The lowest BCUT2D eigenvalue weighted by Crippen LogP contribution is -2.56. The number of carbonyl (C=O) groups excluding carboxylic acids is 1. The van der Waals surface area contributed by atoms with E-state index in [0.29, 0.717) is 18.6 Å². The highest BCUT2D eigenvalue weighted by molar-refractivity contribution is 5.85. The molecule has 1 aromatic rings. The van der Waals surface area contributed by atoms with Crippen LogP contribution in [0.2, 0.25) is 0 Å². The molecule has 5 heteroatoms. The highest BCUT2D eigenvalue weighted by Crippen LogP contribution is 2.28. The lowest BCUT2D eigenvalue weighted by Gasteiger charge is -2.37. The maximum Gasteiger partial charge on any atom is 0.254 e. The first-order valence-electron chi connectivity index (χ1n) is 7.90. The van der Waals surface area contributed by atoms with Gasteiger partial charge in [0.25, 0.3) is 5.91 Å². The van der Waals surface area contributed by atoms with Crippen LogP contribution < -0.4 is 10.6 Å². The Labute approximate surface area is 138 Å². The van der Waals surface area contributed by atoms with Gasteiger partial charge in [0.15, 0.2) is 6.10 Å². The molecule has 1 amide bonds. The molecule has 2 aliphatic rings. The summed E-state index contributed by atoms with van der Waals surface area (Å²) in [5.41, 5.74) is 2.25. The van der Waals surface area contributed by atoms with Crippen molar-refractivity contribution in [2.24, 2.45) is 5.92 Å². The van der Waals surface area contributed by atoms with Gasteiger partial charge in [0.1, 0.15) is 0 Å². The summed E-state index contributed by atoms with van der Waals surface area (Å²) in [5.74, 6) is 0.485. The number of ether oxygens (including phenoxy) is 1. The minimum atomic E-state index is -0.462. The van der Waals surface area contributed by atoms with Gasteiger partial charge >= 0.3 is 0 Å². The van der Waals surface area contributed by atoms with Gasteiger partial charge in [-0.1, -0.05) is 31.2 Å². The van der Waals surface area contributed by atoms with Crippen LogP contribution in [0.25, 0.3) is 0 Å². The minimum Gasteiger partial charge on any atom is -0.363 e. The highest BCUT2D eigenvalue weighted by Gasteiger charge is 2.33. The Kier molecular flexibility index (Phi) is 5.84. The molecule has 4 atom stereocenters. The van der Waals surface area contributed by atoms with E-state index in [1.165, 1.54) is 5.56 Å². The van der Waals surface area contributed by atoms with Crippen LogP contribution in [-0.2, 0) is 16.0 Å². The lowest BCUT2D eigenvalue weighted by molar-refractivity contribution is -0.135. The van der Waals surface area contributed by atoms with E-state index in [-0.39, 0.29) is 24.4 Å². The van der Waals surface area contributed by atoms with E-state index in [1.807, 2.05) is 18.2 Å². The zero-order chi connectivity index (χ0) is 14.8. The van der Waals surface area contributed by atoms with Crippen LogP contribution in [0.15, 0.2) is 24.3 Å². The molecule has 22 heavy (non-hydrogen) atoms. The molecule has 0 spiro atoms. The Morgan fingerprint density at radius 1 is 1.32 bits per heavy atom. The number of halogens is 1. The third-order valence-electron chi connectivity index (χ3n) is 4.76. The molecule has 0 aromatic heterocycles. The SMILES string of the molecule is CC1CCNC(C)C1NC(=O)C1OCCc2ccccc21.Cl. The zero-order valence-corrected chi connectivity index (χ0v) is 14.0. The van der Waals surface area contributed by atoms with Crippen molar-refractivity contribution in [2.45, 2.75) is 44.9 Å². The van der Waals surface area contributed by atoms with Gasteiger partial charge in [-0.2, -0.15) is 0 Å². The predicted molar refractivity (Wildman–Crippen MR) is 89.3 cm³/mol. The number of amides is 1. The molecule has 122 valence electrons. The smallest absolute Gasteiger partial charge is 0.254 e. The second-order valence-corrected chi connectivity index (χ2v) is 6.24. The molecule has 0 radical (unpaired) electrons. The third-order valence-corrected chi connectivity index (χ3v) is 4.76. The maximum absolute atomic E-state index is 12.7. The molecule has 1 saturated heterocycles. The van der Waals surface area contributed by atoms with E-state index in [9.17, 15) is 4.79 Å². The second-order valence-electron chi connectivity index (χ2n) is 6.24. The van der Waals surface area contributed by atoms with Crippen molar-refractivity contribution in [3.05, 3.63) is 35.4 Å². The summed E-state index contributed by atoms with van der Waals surface area (Å²) in [4.78, 5) is 12.7. The highest BCUT2D eigenvalue weighted by atomic mass is 35.5. The molecule has 0 aliphatic carbocycles. The fraction of sp³-hybridized carbons (Fsp3) is 0.588. The molecule has 2 N–H and O–H groups in total. The number of hydrogen-bond acceptors (Lipinski definition) is 3. The number of carbonyl (C=O) groups is 1. The van der Waals surface area contributed by atoms with Gasteiger partial charge in [-0.05, 0) is 43.4 Å². The van der Waals surface area contributed by atoms with Crippen LogP contribution in [0.5, 0.6) is 0 Å². The summed E-state index contributed by atoms with van der Waals surface area (Å²) in [6, 6.07) is 8.56. The fourth-order valence-electron chi connectivity index (χ4n) is 3.46. The topological polar surface area (TPSA) is 50.4 Å². The molecule has 1 aromatic carbocycles. The Balaban J connectivity index is 0.00000176. The van der Waals surface area contributed by atoms with Crippen LogP contribution in [-0.4, -0.2) is 31.1 Å². The second kappa shape index (κ2) is 7.44.